The summed E-state index contributed by atoms with van der Waals surface area (Å²) in [4.78, 5) is 0. The third-order valence-corrected chi connectivity index (χ3v) is 0. The van der Waals surface area contributed by atoms with E-state index in [1.807, 2.05) is 0 Å². The van der Waals surface area contributed by atoms with Crippen molar-refractivity contribution < 1.29 is 137 Å². The van der Waals surface area contributed by atoms with Crippen molar-refractivity contribution in [2.24, 2.45) is 0 Å². The summed E-state index contributed by atoms with van der Waals surface area (Å²) in [5, 5.41) is 0. The Morgan fingerprint density at radius 3 is 0.154 bits per heavy atom. The summed E-state index contributed by atoms with van der Waals surface area (Å²) in [5.41, 5.74) is 0. The second-order valence-electron chi connectivity index (χ2n) is 0. The quantitative estimate of drug-likeness (QED) is 0.252. The van der Waals surface area contributed by atoms with Gasteiger partial charge < -0.3 is 0 Å². The van der Waals surface area contributed by atoms with Crippen LogP contribution in [0.3, 0.4) is 0 Å². The number of hydrogen-bond donors (Lipinski definition) is 0. The van der Waals surface area contributed by atoms with E-state index < -0.39 is 0 Å². The zero-order chi connectivity index (χ0) is 0. The zero-order valence-corrected chi connectivity index (χ0v) is 27.5. The van der Waals surface area contributed by atoms with Crippen molar-refractivity contribution in [3.05, 3.63) is 0 Å². The molecule has 0 heterocycles. The first-order valence-corrected chi connectivity index (χ1v) is 0. The monoisotopic (exact) mass is 784 g/mol. The van der Waals surface area contributed by atoms with Gasteiger partial charge >= 0.3 is 0 Å². The molecule has 0 fully saturated rings. The molecule has 0 unspecified atom stereocenters. The van der Waals surface area contributed by atoms with Crippen LogP contribution in [0.4, 0.5) is 0 Å². The Labute approximate surface area is 230 Å². The molecule has 0 saturated heterocycles. The van der Waals surface area contributed by atoms with Crippen LogP contribution in [-0.4, -0.2) is 99.0 Å². The van der Waals surface area contributed by atoms with E-state index >= 15 is 0 Å². The van der Waals surface area contributed by atoms with Gasteiger partial charge in [-0.2, -0.15) is 0 Å². The Kier molecular flexibility index (Phi) is 1310. The minimum Gasteiger partial charge on any atom is 0 e. The standard InChI is InChI=1S/5Ga.8Mn. The van der Waals surface area contributed by atoms with Gasteiger partial charge in [0.25, 0.3) is 0 Å². The van der Waals surface area contributed by atoms with E-state index in [4.69, 9.17) is 0 Å². The zero-order valence-electron chi connectivity index (χ0n) is 5.91. The smallest absolute Gasteiger partial charge is 0 e. The fourth-order valence-corrected chi connectivity index (χ4v) is 0. The predicted octanol–water partition coefficient (Wildman–Crippen LogP) is -1.92. The van der Waals surface area contributed by atoms with Crippen LogP contribution in [0.25, 0.3) is 0 Å². The average Bonchev–Trinajstić information content (AvgIpc) is 0. The molecule has 0 bridgehead atoms. The summed E-state index contributed by atoms with van der Waals surface area (Å²) in [6.07, 6.45) is 0. The van der Waals surface area contributed by atoms with Crippen molar-refractivity contribution in [2.75, 3.05) is 0 Å². The van der Waals surface area contributed by atoms with Gasteiger partial charge in [0.15, 0.2) is 0 Å². The molecule has 0 aromatic carbocycles. The molecule has 0 aromatic rings. The molecule has 0 aromatic heterocycles. The predicted molar refractivity (Wildman–Crippen MR) is 28.8 cm³/mol. The van der Waals surface area contributed by atoms with Crippen molar-refractivity contribution in [3.63, 3.8) is 0 Å². The average molecular weight is 788 g/mol. The molecule has 0 rings (SSSR count). The van der Waals surface area contributed by atoms with Crippen LogP contribution in [-0.2, 0) is 137 Å². The Hall–Kier alpha value is 7.34. The molecule has 0 N–H and O–H groups in total. The molecule has 0 saturated carbocycles. The Morgan fingerprint density at radius 1 is 0.154 bits per heavy atom. The van der Waals surface area contributed by atoms with Gasteiger partial charge in [0.05, 0.1) is 0 Å². The van der Waals surface area contributed by atoms with Gasteiger partial charge in [-0.15, -0.1) is 0 Å². The Bertz CT molecular complexity index is 12.5. The summed E-state index contributed by atoms with van der Waals surface area (Å²) in [5.74, 6) is 0. The summed E-state index contributed by atoms with van der Waals surface area (Å²) < 4.78 is 0. The van der Waals surface area contributed by atoms with Crippen LogP contribution in [0, 0.1) is 0 Å². The molecule has 0 atom stereocenters. The van der Waals surface area contributed by atoms with Gasteiger partial charge in [-0.1, -0.05) is 0 Å². The van der Waals surface area contributed by atoms with Crippen molar-refractivity contribution in [3.8, 4) is 0 Å². The van der Waals surface area contributed by atoms with Gasteiger partial charge in [-0.05, 0) is 0 Å². The van der Waals surface area contributed by atoms with Crippen LogP contribution in [0.1, 0.15) is 0 Å². The summed E-state index contributed by atoms with van der Waals surface area (Å²) in [7, 11) is 0. The maximum atomic E-state index is 0. The minimum atomic E-state index is 0. The first kappa shape index (κ1) is 141. The molecule has 0 amide bonds. The van der Waals surface area contributed by atoms with Crippen LogP contribution in [0.5, 0.6) is 0 Å². The van der Waals surface area contributed by atoms with Gasteiger partial charge in [0.2, 0.25) is 0 Å². The molecule has 0 nitrogen and oxygen atoms in total. The Balaban J connectivity index is 0. The molecule has 0 aliphatic heterocycles. The second-order valence-corrected chi connectivity index (χ2v) is 0. The molecule has 71 valence electrons. The van der Waals surface area contributed by atoms with Crippen molar-refractivity contribution >= 4 is 99.0 Å². The van der Waals surface area contributed by atoms with Crippen LogP contribution in [0.15, 0.2) is 0 Å². The molecule has 0 aliphatic carbocycles. The van der Waals surface area contributed by atoms with Gasteiger partial charge in [-0.25, -0.2) is 0 Å². The minimum absolute atomic E-state index is 0. The molecule has 13 heavy (non-hydrogen) atoms. The van der Waals surface area contributed by atoms with Gasteiger partial charge in [0.1, 0.15) is 0 Å². The van der Waals surface area contributed by atoms with E-state index in [0.29, 0.717) is 0 Å². The first-order chi connectivity index (χ1) is 0. The third kappa shape index (κ3) is 108. The third-order valence-electron chi connectivity index (χ3n) is 0. The van der Waals surface area contributed by atoms with Crippen molar-refractivity contribution in [1.82, 2.24) is 0 Å². The van der Waals surface area contributed by atoms with Crippen LogP contribution in [0.2, 0.25) is 0 Å². The molecule has 0 spiro atoms. The molecular formula is Ga5Mn8. The van der Waals surface area contributed by atoms with Crippen molar-refractivity contribution in [1.29, 1.82) is 0 Å². The summed E-state index contributed by atoms with van der Waals surface area (Å²) in [6, 6.07) is 0. The van der Waals surface area contributed by atoms with E-state index in [9.17, 15) is 0 Å². The molecule has 13 heteroatoms. The number of hydrogen-bond acceptors (Lipinski definition) is 0. The largest absolute Gasteiger partial charge is 0 e. The maximum Gasteiger partial charge on any atom is 0 e. The van der Waals surface area contributed by atoms with E-state index in [1.165, 1.54) is 0 Å². The van der Waals surface area contributed by atoms with E-state index in [2.05, 4.69) is 0 Å². The fraction of sp³-hybridized carbons (Fsp3) is 0. The molecule has 0 aliphatic rings. The van der Waals surface area contributed by atoms with E-state index in [0.717, 1.165) is 0 Å². The summed E-state index contributed by atoms with van der Waals surface area (Å²) >= 11 is 0. The second kappa shape index (κ2) is 121. The molecular weight excluding hydrogens is 788 g/mol. The fourth-order valence-electron chi connectivity index (χ4n) is 0. The van der Waals surface area contributed by atoms with Gasteiger partial charge in [-0.3, -0.25) is 0 Å². The summed E-state index contributed by atoms with van der Waals surface area (Å²) in [6.45, 7) is 0. The van der Waals surface area contributed by atoms with Crippen LogP contribution < -0.4 is 0 Å². The van der Waals surface area contributed by atoms with Crippen molar-refractivity contribution in [2.45, 2.75) is 0 Å². The first-order valence-electron chi connectivity index (χ1n) is 0. The van der Waals surface area contributed by atoms with E-state index in [-0.39, 0.29) is 236 Å². The maximum absolute atomic E-state index is 0. The Morgan fingerprint density at radius 2 is 0.154 bits per heavy atom. The van der Waals surface area contributed by atoms with Gasteiger partial charge in [0, 0.05) is 236 Å². The topological polar surface area (TPSA) is 0 Å². The van der Waals surface area contributed by atoms with E-state index in [1.54, 1.807) is 0 Å². The molecule has 23 radical (unpaired) electrons. The SMILES string of the molecule is [Ga].[Ga].[Ga].[Ga].[Ga].[Mn].[Mn].[Mn].[Mn].[Mn].[Mn].[Mn].[Mn]. The number of rotatable bonds is 0. The van der Waals surface area contributed by atoms with Crippen LogP contribution >= 0.6 is 0 Å². The normalized spacial score (nSPS) is 0.